The van der Waals surface area contributed by atoms with Gasteiger partial charge in [-0.3, -0.25) is 10.2 Å². The number of nitrogens with one attached hydrogen (secondary N) is 1. The van der Waals surface area contributed by atoms with Crippen LogP contribution < -0.4 is 5.32 Å². The van der Waals surface area contributed by atoms with Crippen molar-refractivity contribution in [3.63, 3.8) is 0 Å². The largest absolute Gasteiger partial charge is 0.297 e. The van der Waals surface area contributed by atoms with E-state index < -0.39 is 0 Å². The van der Waals surface area contributed by atoms with Crippen molar-refractivity contribution in [1.82, 2.24) is 10.2 Å². The van der Waals surface area contributed by atoms with E-state index in [0.29, 0.717) is 12.1 Å². The molecule has 19 heavy (non-hydrogen) atoms. The second-order valence-corrected chi connectivity index (χ2v) is 7.08. The normalized spacial score (nSPS) is 36.3. The molecular formula is C16H29N3. The highest BCUT2D eigenvalue weighted by Gasteiger charge is 2.44. The van der Waals surface area contributed by atoms with E-state index in [4.69, 9.17) is 0 Å². The van der Waals surface area contributed by atoms with Crippen molar-refractivity contribution >= 4 is 0 Å². The minimum absolute atomic E-state index is 0.275. The second-order valence-electron chi connectivity index (χ2n) is 7.08. The Bertz CT molecular complexity index is 344. The van der Waals surface area contributed by atoms with Crippen molar-refractivity contribution in [2.45, 2.75) is 83.5 Å². The molecule has 1 N–H and O–H groups in total. The molecule has 2 aliphatic rings. The van der Waals surface area contributed by atoms with E-state index in [1.54, 1.807) is 0 Å². The van der Waals surface area contributed by atoms with Crippen LogP contribution in [0.3, 0.4) is 0 Å². The third-order valence-electron chi connectivity index (χ3n) is 4.85. The third kappa shape index (κ3) is 3.12. The number of nitrogens with zero attached hydrogens (tertiary/aromatic N) is 2. The summed E-state index contributed by atoms with van der Waals surface area (Å²) in [7, 11) is 0. The standard InChI is InChI=1S/C16H29N3/c1-12(2)15-6-5-9-19(15)14-7-8-16(10-14,11-17)18-13(3)4/h12-15,18H,5-10H2,1-4H3. The lowest BCUT2D eigenvalue weighted by molar-refractivity contribution is 0.143. The summed E-state index contributed by atoms with van der Waals surface area (Å²) in [6, 6.07) is 4.30. The lowest BCUT2D eigenvalue weighted by Crippen LogP contribution is -2.48. The van der Waals surface area contributed by atoms with Crippen molar-refractivity contribution in [2.24, 2.45) is 5.92 Å². The Hall–Kier alpha value is -0.590. The van der Waals surface area contributed by atoms with E-state index >= 15 is 0 Å². The van der Waals surface area contributed by atoms with Crippen LogP contribution in [-0.4, -0.2) is 35.1 Å². The maximum Gasteiger partial charge on any atom is 0.108 e. The van der Waals surface area contributed by atoms with Crippen LogP contribution >= 0.6 is 0 Å². The molecule has 1 saturated heterocycles. The average Bonchev–Trinajstić information content (AvgIpc) is 2.94. The predicted molar refractivity (Wildman–Crippen MR) is 78.8 cm³/mol. The molecule has 0 aromatic heterocycles. The Morgan fingerprint density at radius 1 is 1.26 bits per heavy atom. The van der Waals surface area contributed by atoms with E-state index in [-0.39, 0.29) is 5.54 Å². The first-order chi connectivity index (χ1) is 8.97. The van der Waals surface area contributed by atoms with Gasteiger partial charge in [0.1, 0.15) is 5.54 Å². The van der Waals surface area contributed by atoms with Gasteiger partial charge in [-0.25, -0.2) is 0 Å². The summed E-state index contributed by atoms with van der Waals surface area (Å²) in [5.41, 5.74) is -0.275. The van der Waals surface area contributed by atoms with Crippen molar-refractivity contribution < 1.29 is 0 Å². The summed E-state index contributed by atoms with van der Waals surface area (Å²) in [5, 5.41) is 13.1. The molecule has 1 aliphatic heterocycles. The maximum atomic E-state index is 9.57. The van der Waals surface area contributed by atoms with Gasteiger partial charge in [0.25, 0.3) is 0 Å². The van der Waals surface area contributed by atoms with Crippen molar-refractivity contribution in [3.05, 3.63) is 0 Å². The monoisotopic (exact) mass is 263 g/mol. The second kappa shape index (κ2) is 5.81. The van der Waals surface area contributed by atoms with Crippen molar-refractivity contribution in [3.8, 4) is 6.07 Å². The summed E-state index contributed by atoms with van der Waals surface area (Å²) < 4.78 is 0. The van der Waals surface area contributed by atoms with Gasteiger partial charge in [-0.2, -0.15) is 5.26 Å². The van der Waals surface area contributed by atoms with Crippen LogP contribution in [-0.2, 0) is 0 Å². The number of nitriles is 1. The summed E-state index contributed by atoms with van der Waals surface area (Å²) in [6.07, 6.45) is 5.86. The summed E-state index contributed by atoms with van der Waals surface area (Å²) >= 11 is 0. The number of rotatable bonds is 4. The molecule has 1 aliphatic carbocycles. The summed E-state index contributed by atoms with van der Waals surface area (Å²) in [5.74, 6) is 0.734. The van der Waals surface area contributed by atoms with Gasteiger partial charge >= 0.3 is 0 Å². The van der Waals surface area contributed by atoms with E-state index in [1.807, 2.05) is 0 Å². The fourth-order valence-corrected chi connectivity index (χ4v) is 4.10. The van der Waals surface area contributed by atoms with Crippen LogP contribution in [0, 0.1) is 17.2 Å². The predicted octanol–water partition coefficient (Wildman–Crippen LogP) is 2.92. The molecule has 1 heterocycles. The Morgan fingerprint density at radius 2 is 2.00 bits per heavy atom. The topological polar surface area (TPSA) is 39.1 Å². The summed E-state index contributed by atoms with van der Waals surface area (Å²) in [6.45, 7) is 10.2. The lowest BCUT2D eigenvalue weighted by Gasteiger charge is -2.34. The van der Waals surface area contributed by atoms with Crippen LogP contribution in [0.15, 0.2) is 0 Å². The van der Waals surface area contributed by atoms with Gasteiger partial charge in [0.05, 0.1) is 6.07 Å². The van der Waals surface area contributed by atoms with Crippen LogP contribution in [0.25, 0.3) is 0 Å². The number of likely N-dealkylation sites (tertiary alicyclic amines) is 1. The minimum Gasteiger partial charge on any atom is -0.297 e. The zero-order valence-corrected chi connectivity index (χ0v) is 12.9. The molecule has 0 amide bonds. The Kier molecular flexibility index (Phi) is 4.53. The highest BCUT2D eigenvalue weighted by molar-refractivity contribution is 5.14. The fourth-order valence-electron chi connectivity index (χ4n) is 4.10. The third-order valence-corrected chi connectivity index (χ3v) is 4.85. The first-order valence-corrected chi connectivity index (χ1v) is 7.92. The molecule has 3 nitrogen and oxygen atoms in total. The Morgan fingerprint density at radius 3 is 2.58 bits per heavy atom. The Balaban J connectivity index is 2.03. The van der Waals surface area contributed by atoms with E-state index in [9.17, 15) is 5.26 Å². The first kappa shape index (κ1) is 14.8. The van der Waals surface area contributed by atoms with Gasteiger partial charge in [-0.15, -0.1) is 0 Å². The molecule has 108 valence electrons. The molecule has 2 fully saturated rings. The molecule has 0 bridgehead atoms. The molecule has 0 spiro atoms. The zero-order chi connectivity index (χ0) is 14.0. The molecule has 3 unspecified atom stereocenters. The van der Waals surface area contributed by atoms with E-state index in [0.717, 1.165) is 24.8 Å². The SMILES string of the molecule is CC(C)NC1(C#N)CCC(N2CCCC2C(C)C)C1. The molecule has 2 rings (SSSR count). The zero-order valence-electron chi connectivity index (χ0n) is 12.9. The quantitative estimate of drug-likeness (QED) is 0.847. The highest BCUT2D eigenvalue weighted by atomic mass is 15.2. The minimum atomic E-state index is -0.275. The first-order valence-electron chi connectivity index (χ1n) is 7.92. The van der Waals surface area contributed by atoms with Gasteiger partial charge < -0.3 is 0 Å². The van der Waals surface area contributed by atoms with Crippen LogP contribution in [0.1, 0.15) is 59.8 Å². The van der Waals surface area contributed by atoms with Crippen LogP contribution in [0.5, 0.6) is 0 Å². The van der Waals surface area contributed by atoms with Crippen LogP contribution in [0.4, 0.5) is 0 Å². The molecule has 3 heteroatoms. The van der Waals surface area contributed by atoms with E-state index in [1.165, 1.54) is 25.8 Å². The number of hydrogen-bond donors (Lipinski definition) is 1. The van der Waals surface area contributed by atoms with Gasteiger partial charge in [0, 0.05) is 18.1 Å². The smallest absolute Gasteiger partial charge is 0.108 e. The summed E-state index contributed by atoms with van der Waals surface area (Å²) in [4.78, 5) is 2.70. The van der Waals surface area contributed by atoms with Gasteiger partial charge in [-0.1, -0.05) is 13.8 Å². The molecule has 3 atom stereocenters. The van der Waals surface area contributed by atoms with Gasteiger partial charge in [0.2, 0.25) is 0 Å². The lowest BCUT2D eigenvalue weighted by atomic mass is 9.97. The Labute approximate surface area is 118 Å². The molecule has 0 radical (unpaired) electrons. The van der Waals surface area contributed by atoms with Gasteiger partial charge in [-0.05, 0) is 58.4 Å². The average molecular weight is 263 g/mol. The van der Waals surface area contributed by atoms with Gasteiger partial charge in [0.15, 0.2) is 0 Å². The molecule has 0 aromatic carbocycles. The molecular weight excluding hydrogens is 234 g/mol. The van der Waals surface area contributed by atoms with Crippen molar-refractivity contribution in [1.29, 1.82) is 5.26 Å². The van der Waals surface area contributed by atoms with E-state index in [2.05, 4.69) is 44.0 Å². The molecule has 0 aromatic rings. The molecule has 1 saturated carbocycles. The maximum absolute atomic E-state index is 9.57. The van der Waals surface area contributed by atoms with Crippen molar-refractivity contribution in [2.75, 3.05) is 6.54 Å². The number of hydrogen-bond acceptors (Lipinski definition) is 3. The fraction of sp³-hybridized carbons (Fsp3) is 0.938. The highest BCUT2D eigenvalue weighted by Crippen LogP contribution is 2.37. The van der Waals surface area contributed by atoms with Crippen LogP contribution in [0.2, 0.25) is 0 Å².